The van der Waals surface area contributed by atoms with Crippen molar-refractivity contribution in [2.24, 2.45) is 5.92 Å². The van der Waals surface area contributed by atoms with Gasteiger partial charge in [0.15, 0.2) is 6.61 Å². The summed E-state index contributed by atoms with van der Waals surface area (Å²) >= 11 is 0. The minimum absolute atomic E-state index is 0.00612. The van der Waals surface area contributed by atoms with Crippen LogP contribution in [0.4, 0.5) is 17.1 Å². The number of hydrogen-bond donors (Lipinski definition) is 1. The van der Waals surface area contributed by atoms with Crippen molar-refractivity contribution >= 4 is 45.6 Å². The van der Waals surface area contributed by atoms with E-state index in [1.807, 2.05) is 42.5 Å². The van der Waals surface area contributed by atoms with Crippen molar-refractivity contribution < 1.29 is 24.0 Å². The molecule has 3 aromatic carbocycles. The monoisotopic (exact) mass is 447 g/mol. The number of nitro benzene ring substituents is 1. The zero-order chi connectivity index (χ0) is 23.5. The molecule has 0 unspecified atom stereocenters. The van der Waals surface area contributed by atoms with E-state index in [-0.39, 0.29) is 30.2 Å². The summed E-state index contributed by atoms with van der Waals surface area (Å²) < 4.78 is 5.12. The molecule has 9 nitrogen and oxygen atoms in total. The predicted molar refractivity (Wildman–Crippen MR) is 122 cm³/mol. The molecule has 168 valence electrons. The highest BCUT2D eigenvalue weighted by molar-refractivity contribution is 6.06. The van der Waals surface area contributed by atoms with Crippen LogP contribution in [0.5, 0.6) is 0 Å². The molecule has 0 radical (unpaired) electrons. The Kier molecular flexibility index (Phi) is 6.03. The molecular weight excluding hydrogens is 426 g/mol. The molecule has 1 N–H and O–H groups in total. The molecule has 0 spiro atoms. The van der Waals surface area contributed by atoms with Crippen LogP contribution in [0.25, 0.3) is 10.8 Å². The Morgan fingerprint density at radius 3 is 2.70 bits per heavy atom. The Bertz CT molecular complexity index is 1270. The van der Waals surface area contributed by atoms with Gasteiger partial charge in [0.05, 0.1) is 16.5 Å². The number of carbonyl (C=O) groups is 3. The number of rotatable bonds is 6. The van der Waals surface area contributed by atoms with E-state index < -0.39 is 29.3 Å². The van der Waals surface area contributed by atoms with Crippen molar-refractivity contribution in [1.29, 1.82) is 0 Å². The smallest absolute Gasteiger partial charge is 0.311 e. The molecule has 1 aliphatic heterocycles. The van der Waals surface area contributed by atoms with Crippen molar-refractivity contribution in [2.75, 3.05) is 23.4 Å². The van der Waals surface area contributed by atoms with Gasteiger partial charge >= 0.3 is 5.97 Å². The molecule has 3 aromatic rings. The summed E-state index contributed by atoms with van der Waals surface area (Å²) in [4.78, 5) is 49.3. The highest BCUT2D eigenvalue weighted by Crippen LogP contribution is 2.32. The van der Waals surface area contributed by atoms with Gasteiger partial charge in [0.25, 0.3) is 11.6 Å². The maximum absolute atomic E-state index is 12.6. The van der Waals surface area contributed by atoms with Gasteiger partial charge in [-0.3, -0.25) is 24.5 Å². The minimum atomic E-state index is -0.690. The first-order valence-corrected chi connectivity index (χ1v) is 10.3. The average Bonchev–Trinajstić information content (AvgIpc) is 3.19. The molecule has 9 heteroatoms. The molecular formula is C24H21N3O6. The van der Waals surface area contributed by atoms with E-state index >= 15 is 0 Å². The molecule has 0 aromatic heterocycles. The fourth-order valence-electron chi connectivity index (χ4n) is 3.88. The number of benzene rings is 3. The van der Waals surface area contributed by atoms with Gasteiger partial charge < -0.3 is 15.0 Å². The van der Waals surface area contributed by atoms with Crippen LogP contribution in [-0.2, 0) is 19.1 Å². The number of nitro groups is 1. The normalized spacial score (nSPS) is 15.5. The quantitative estimate of drug-likeness (QED) is 0.350. The van der Waals surface area contributed by atoms with Crippen molar-refractivity contribution in [2.45, 2.75) is 13.3 Å². The van der Waals surface area contributed by atoms with Gasteiger partial charge in [-0.15, -0.1) is 0 Å². The van der Waals surface area contributed by atoms with Gasteiger partial charge in [-0.25, -0.2) is 0 Å². The molecule has 1 saturated heterocycles. The van der Waals surface area contributed by atoms with Crippen LogP contribution in [0, 0.1) is 23.0 Å². The lowest BCUT2D eigenvalue weighted by molar-refractivity contribution is -0.385. The maximum Gasteiger partial charge on any atom is 0.311 e. The lowest BCUT2D eigenvalue weighted by Gasteiger charge is -2.18. The molecule has 1 heterocycles. The second kappa shape index (κ2) is 9.07. The molecule has 2 amide bonds. The van der Waals surface area contributed by atoms with E-state index in [1.54, 1.807) is 11.8 Å². The molecule has 0 bridgehead atoms. The number of amides is 2. The first-order chi connectivity index (χ1) is 15.8. The van der Waals surface area contributed by atoms with Crippen LogP contribution in [0.15, 0.2) is 60.7 Å². The first kappa shape index (κ1) is 21.9. The van der Waals surface area contributed by atoms with Gasteiger partial charge in [-0.2, -0.15) is 0 Å². The molecule has 1 fully saturated rings. The number of carbonyl (C=O) groups excluding carboxylic acids is 3. The largest absolute Gasteiger partial charge is 0.455 e. The Morgan fingerprint density at radius 1 is 1.15 bits per heavy atom. The standard InChI is InChI=1S/C24H21N3O6/c1-15-9-10-18(12-21(15)27(31)32)25-22(28)14-33-24(30)17-11-23(29)26(13-17)20-8-4-6-16-5-2-3-7-19(16)20/h2-10,12,17H,11,13-14H2,1H3,(H,25,28)/t17-/m0/s1. The number of esters is 1. The lowest BCUT2D eigenvalue weighted by atomic mass is 10.1. The topological polar surface area (TPSA) is 119 Å². The minimum Gasteiger partial charge on any atom is -0.455 e. The van der Waals surface area contributed by atoms with Gasteiger partial charge in [0.1, 0.15) is 0 Å². The lowest BCUT2D eigenvalue weighted by Crippen LogP contribution is -2.28. The number of nitrogens with zero attached hydrogens (tertiary/aromatic N) is 2. The second-order valence-electron chi connectivity index (χ2n) is 7.82. The fourth-order valence-corrected chi connectivity index (χ4v) is 3.88. The number of fused-ring (bicyclic) bond motifs is 1. The van der Waals surface area contributed by atoms with Gasteiger partial charge in [0.2, 0.25) is 5.91 Å². The van der Waals surface area contributed by atoms with Crippen LogP contribution >= 0.6 is 0 Å². The van der Waals surface area contributed by atoms with Gasteiger partial charge in [-0.05, 0) is 24.4 Å². The molecule has 1 atom stereocenters. The zero-order valence-electron chi connectivity index (χ0n) is 17.8. The number of ether oxygens (including phenoxy) is 1. The second-order valence-corrected chi connectivity index (χ2v) is 7.82. The third kappa shape index (κ3) is 4.67. The van der Waals surface area contributed by atoms with Crippen LogP contribution in [-0.4, -0.2) is 35.9 Å². The van der Waals surface area contributed by atoms with Crippen molar-refractivity contribution in [3.05, 3.63) is 76.3 Å². The number of hydrogen-bond acceptors (Lipinski definition) is 6. The highest BCUT2D eigenvalue weighted by atomic mass is 16.6. The fraction of sp³-hybridized carbons (Fsp3) is 0.208. The highest BCUT2D eigenvalue weighted by Gasteiger charge is 2.37. The molecule has 33 heavy (non-hydrogen) atoms. The van der Waals surface area contributed by atoms with Gasteiger partial charge in [-0.1, -0.05) is 42.5 Å². The van der Waals surface area contributed by atoms with Crippen LogP contribution in [0.3, 0.4) is 0 Å². The van der Waals surface area contributed by atoms with E-state index in [9.17, 15) is 24.5 Å². The van der Waals surface area contributed by atoms with E-state index in [0.717, 1.165) is 16.5 Å². The Labute approximate surface area is 189 Å². The Hall–Kier alpha value is -4.27. The van der Waals surface area contributed by atoms with E-state index in [2.05, 4.69) is 5.32 Å². The average molecular weight is 447 g/mol. The Balaban J connectivity index is 1.37. The summed E-state index contributed by atoms with van der Waals surface area (Å²) in [6.07, 6.45) is -0.00612. The predicted octanol–water partition coefficient (Wildman–Crippen LogP) is 3.59. The van der Waals surface area contributed by atoms with E-state index in [1.165, 1.54) is 18.2 Å². The number of aryl methyl sites for hydroxylation is 1. The molecule has 4 rings (SSSR count). The third-order valence-electron chi connectivity index (χ3n) is 5.55. The first-order valence-electron chi connectivity index (χ1n) is 10.3. The van der Waals surface area contributed by atoms with Crippen LogP contribution in [0.1, 0.15) is 12.0 Å². The molecule has 0 saturated carbocycles. The van der Waals surface area contributed by atoms with Crippen molar-refractivity contribution in [1.82, 2.24) is 0 Å². The summed E-state index contributed by atoms with van der Waals surface area (Å²) in [6, 6.07) is 17.6. The third-order valence-corrected chi connectivity index (χ3v) is 5.55. The summed E-state index contributed by atoms with van der Waals surface area (Å²) in [5.74, 6) is -2.15. The zero-order valence-corrected chi connectivity index (χ0v) is 17.8. The summed E-state index contributed by atoms with van der Waals surface area (Å²) in [7, 11) is 0. The van der Waals surface area contributed by atoms with Gasteiger partial charge in [0, 0.05) is 35.7 Å². The molecule has 1 aliphatic rings. The number of anilines is 2. The SMILES string of the molecule is Cc1ccc(NC(=O)COC(=O)[C@H]2CC(=O)N(c3cccc4ccccc34)C2)cc1[N+](=O)[O-]. The Morgan fingerprint density at radius 2 is 1.91 bits per heavy atom. The van der Waals surface area contributed by atoms with E-state index in [4.69, 9.17) is 4.74 Å². The van der Waals surface area contributed by atoms with Crippen molar-refractivity contribution in [3.63, 3.8) is 0 Å². The van der Waals surface area contributed by atoms with Crippen LogP contribution < -0.4 is 10.2 Å². The summed E-state index contributed by atoms with van der Waals surface area (Å²) in [6.45, 7) is 1.20. The maximum atomic E-state index is 12.6. The summed E-state index contributed by atoms with van der Waals surface area (Å²) in [5, 5.41) is 15.4. The summed E-state index contributed by atoms with van der Waals surface area (Å²) in [5.41, 5.74) is 1.30. The van der Waals surface area contributed by atoms with E-state index in [0.29, 0.717) is 5.56 Å². The van der Waals surface area contributed by atoms with Crippen molar-refractivity contribution in [3.8, 4) is 0 Å². The number of nitrogens with one attached hydrogen (secondary N) is 1. The van der Waals surface area contributed by atoms with Crippen LogP contribution in [0.2, 0.25) is 0 Å². The molecule has 0 aliphatic carbocycles.